The van der Waals surface area contributed by atoms with Crippen molar-refractivity contribution in [1.29, 1.82) is 0 Å². The van der Waals surface area contributed by atoms with Crippen LogP contribution in [0.1, 0.15) is 0 Å². The molecule has 0 amide bonds. The second-order valence-corrected chi connectivity index (χ2v) is 17.3. The van der Waals surface area contributed by atoms with Gasteiger partial charge in [-0.1, -0.05) is 72.8 Å². The highest BCUT2D eigenvalue weighted by atomic mass is 16.5. The third kappa shape index (κ3) is 6.40. The summed E-state index contributed by atoms with van der Waals surface area (Å²) < 4.78 is 14.7. The summed E-state index contributed by atoms with van der Waals surface area (Å²) in [4.78, 5) is 38.2. The van der Waals surface area contributed by atoms with Gasteiger partial charge in [-0.3, -0.25) is 8.97 Å². The van der Waals surface area contributed by atoms with Crippen molar-refractivity contribution < 1.29 is 9.47 Å². The minimum absolute atomic E-state index is 0.503. The summed E-state index contributed by atoms with van der Waals surface area (Å²) in [6, 6.07) is 44.2. The van der Waals surface area contributed by atoms with E-state index in [9.17, 15) is 0 Å². The maximum absolute atomic E-state index is 6.69. The van der Waals surface area contributed by atoms with Crippen LogP contribution >= 0.6 is 0 Å². The zero-order valence-corrected chi connectivity index (χ0v) is 35.1. The van der Waals surface area contributed by atoms with Gasteiger partial charge in [0.15, 0.2) is 23.3 Å². The molecule has 0 fully saturated rings. The molecule has 0 spiro atoms. The first-order chi connectivity index (χ1) is 29.9. The van der Waals surface area contributed by atoms with Crippen molar-refractivity contribution in [1.82, 2.24) is 48.8 Å². The minimum atomic E-state index is 0.503. The fourth-order valence-electron chi connectivity index (χ4n) is 8.07. The highest BCUT2D eigenvalue weighted by Crippen LogP contribution is 2.41. The number of quaternary nitrogens is 2. The van der Waals surface area contributed by atoms with Gasteiger partial charge >= 0.3 is 0 Å². The van der Waals surface area contributed by atoms with E-state index in [1.54, 1.807) is 0 Å². The molecule has 302 valence electrons. The molecular weight excluding hydrogens is 773 g/mol. The number of hydrogen-bond donors (Lipinski definition) is 2. The van der Waals surface area contributed by atoms with Crippen LogP contribution in [0.4, 0.5) is 11.4 Å². The number of nitrogens with zero attached hydrogens (tertiary/aromatic N) is 8. The Kier molecular flexibility index (Phi) is 8.33. The van der Waals surface area contributed by atoms with Crippen molar-refractivity contribution in [3.63, 3.8) is 0 Å². The Morgan fingerprint density at radius 3 is 1.11 bits per heavy atom. The Morgan fingerprint density at radius 1 is 0.355 bits per heavy atom. The monoisotopic (exact) mass is 814 g/mol. The van der Waals surface area contributed by atoms with Gasteiger partial charge in [0, 0.05) is 57.3 Å². The van der Waals surface area contributed by atoms with Crippen LogP contribution < -0.4 is 18.4 Å². The summed E-state index contributed by atoms with van der Waals surface area (Å²) in [6.07, 6.45) is 0. The topological polar surface area (TPSA) is 127 Å². The molecule has 2 N–H and O–H groups in total. The Bertz CT molecular complexity index is 3430. The zero-order chi connectivity index (χ0) is 42.3. The summed E-state index contributed by atoms with van der Waals surface area (Å²) >= 11 is 0. The highest BCUT2D eigenvalue weighted by molar-refractivity contribution is 6.11. The number of aromatic nitrogens is 8. The number of rotatable bonds is 6. The average Bonchev–Trinajstić information content (AvgIpc) is 4.00. The fraction of sp³-hybridized carbons (Fsp3) is 0.120. The van der Waals surface area contributed by atoms with Crippen molar-refractivity contribution in [3.05, 3.63) is 133 Å². The van der Waals surface area contributed by atoms with E-state index in [0.29, 0.717) is 77.9 Å². The molecule has 3 aromatic heterocycles. The molecule has 2 aliphatic rings. The maximum Gasteiger partial charge on any atom is 0.164 e. The van der Waals surface area contributed by atoms with Crippen LogP contribution in [-0.2, 0) is 0 Å². The lowest BCUT2D eigenvalue weighted by molar-refractivity contribution is 0.476. The lowest BCUT2D eigenvalue weighted by atomic mass is 10.1. The fourth-order valence-corrected chi connectivity index (χ4v) is 8.07. The van der Waals surface area contributed by atoms with E-state index in [2.05, 4.69) is 76.5 Å². The maximum atomic E-state index is 6.69. The van der Waals surface area contributed by atoms with E-state index in [4.69, 9.17) is 39.4 Å². The number of aromatic amines is 2. The number of fused-ring (bicyclic) bond motifs is 20. The smallest absolute Gasteiger partial charge is 0.164 e. The molecular formula is C50H42N10O2+2. The van der Waals surface area contributed by atoms with E-state index >= 15 is 0 Å². The molecule has 11 rings (SSSR count). The van der Waals surface area contributed by atoms with Gasteiger partial charge in [0.2, 0.25) is 0 Å². The van der Waals surface area contributed by atoms with Crippen molar-refractivity contribution >= 4 is 55.5 Å². The SMILES string of the molecule is C[N+](C)(C)c1ccc(Oc2cccc3c4nc5[nH]c(nc6nc(nc7nc(nc([nH]4)c23)-c2ccccc2-7)-c2ccccc2-6)c2cccc(Oc3ccc([N+](C)(C)C)cc3)c52)cc1. The predicted octanol–water partition coefficient (Wildman–Crippen LogP) is 10.8. The van der Waals surface area contributed by atoms with Gasteiger partial charge in [0.25, 0.3) is 0 Å². The summed E-state index contributed by atoms with van der Waals surface area (Å²) in [7, 11) is 12.8. The second-order valence-electron chi connectivity index (χ2n) is 17.3. The van der Waals surface area contributed by atoms with Crippen LogP contribution in [0.2, 0.25) is 0 Å². The van der Waals surface area contributed by atoms with Crippen LogP contribution in [0.25, 0.3) is 89.7 Å². The third-order valence-corrected chi connectivity index (χ3v) is 11.3. The summed E-state index contributed by atoms with van der Waals surface area (Å²) in [5.41, 5.74) is 7.96. The molecule has 5 heterocycles. The molecule has 2 aliphatic heterocycles. The lowest BCUT2D eigenvalue weighted by Crippen LogP contribution is -2.34. The predicted molar refractivity (Wildman–Crippen MR) is 248 cm³/mol. The van der Waals surface area contributed by atoms with E-state index in [0.717, 1.165) is 55.2 Å². The minimum Gasteiger partial charge on any atom is -0.457 e. The van der Waals surface area contributed by atoms with Crippen molar-refractivity contribution in [2.45, 2.75) is 0 Å². The van der Waals surface area contributed by atoms with Crippen LogP contribution in [0, 0.1) is 0 Å². The van der Waals surface area contributed by atoms with Gasteiger partial charge < -0.3 is 19.4 Å². The van der Waals surface area contributed by atoms with Crippen molar-refractivity contribution in [3.8, 4) is 68.5 Å². The molecule has 62 heavy (non-hydrogen) atoms. The molecule has 9 aromatic rings. The standard InChI is InChI=1S/C50H42N10O2/c1-59(2,3)29-21-25-31(26-22-29)61-39-19-11-17-37-41(39)50-56-47(37)54-45-34-14-8-7-13-33(34)43(52-45)51-44-35-15-9-10-16-36(35)46(53-44)55-49-42-38(48(57-49)58-50)18-12-20-40(42)62-32-27-23-30(24-28-32)60(4,5)6/h7-28H,1-6H3,(H2,51,52,53,54,55,56,57,58)/q+2. The normalized spacial score (nSPS) is 12.4. The first-order valence-electron chi connectivity index (χ1n) is 20.4. The number of hydrogen-bond acceptors (Lipinski definition) is 8. The van der Waals surface area contributed by atoms with Gasteiger partial charge in [0.1, 0.15) is 57.0 Å². The highest BCUT2D eigenvalue weighted by Gasteiger charge is 2.24. The van der Waals surface area contributed by atoms with Crippen molar-refractivity contribution in [2.75, 3.05) is 42.3 Å². The molecule has 0 unspecified atom stereocenters. The first-order valence-corrected chi connectivity index (χ1v) is 20.4. The van der Waals surface area contributed by atoms with Gasteiger partial charge in [0.05, 0.1) is 53.1 Å². The Hall–Kier alpha value is -7.80. The molecule has 0 atom stereocenters. The number of H-pyrrole nitrogens is 2. The van der Waals surface area contributed by atoms with E-state index < -0.39 is 0 Å². The van der Waals surface area contributed by atoms with E-state index in [1.165, 1.54) is 0 Å². The molecule has 0 radical (unpaired) electrons. The summed E-state index contributed by atoms with van der Waals surface area (Å²) in [5, 5.41) is 3.12. The third-order valence-electron chi connectivity index (χ3n) is 11.3. The van der Waals surface area contributed by atoms with Gasteiger partial charge in [-0.05, 0) is 36.4 Å². The molecule has 12 nitrogen and oxygen atoms in total. The molecule has 6 aromatic carbocycles. The number of ether oxygens (including phenoxy) is 2. The summed E-state index contributed by atoms with van der Waals surface area (Å²) in [5.74, 6) is 4.68. The first kappa shape index (κ1) is 37.2. The van der Waals surface area contributed by atoms with Gasteiger partial charge in [-0.2, -0.15) is 0 Å². The Morgan fingerprint density at radius 2 is 0.710 bits per heavy atom. The Labute approximate surface area is 357 Å². The van der Waals surface area contributed by atoms with E-state index in [-0.39, 0.29) is 0 Å². The van der Waals surface area contributed by atoms with Crippen LogP contribution in [0.15, 0.2) is 133 Å². The molecule has 12 heteroatoms. The summed E-state index contributed by atoms with van der Waals surface area (Å²) in [6.45, 7) is 0. The van der Waals surface area contributed by atoms with Crippen molar-refractivity contribution in [2.24, 2.45) is 0 Å². The van der Waals surface area contributed by atoms with E-state index in [1.807, 2.05) is 109 Å². The lowest BCUT2D eigenvalue weighted by Gasteiger charge is -2.23. The number of nitrogens with one attached hydrogen (secondary N) is 2. The zero-order valence-electron chi connectivity index (χ0n) is 35.1. The average molecular weight is 815 g/mol. The molecule has 0 saturated heterocycles. The van der Waals surface area contributed by atoms with Crippen LogP contribution in [0.5, 0.6) is 23.0 Å². The van der Waals surface area contributed by atoms with Crippen LogP contribution in [-0.4, -0.2) is 82.2 Å². The van der Waals surface area contributed by atoms with Gasteiger partial charge in [-0.25, -0.2) is 29.9 Å². The molecule has 0 saturated carbocycles. The Balaban J connectivity index is 1.22. The quantitative estimate of drug-likeness (QED) is 0.159. The van der Waals surface area contributed by atoms with Crippen LogP contribution in [0.3, 0.4) is 0 Å². The molecule has 8 bridgehead atoms. The second kappa shape index (κ2) is 13.9. The number of benzene rings is 6. The molecule has 0 aliphatic carbocycles. The van der Waals surface area contributed by atoms with Gasteiger partial charge in [-0.15, -0.1) is 0 Å². The largest absolute Gasteiger partial charge is 0.457 e.